The summed E-state index contributed by atoms with van der Waals surface area (Å²) >= 11 is 0. The molecular weight excluding hydrogens is 387 g/mol. The van der Waals surface area contributed by atoms with Crippen molar-refractivity contribution < 1.29 is 18.7 Å². The molecule has 3 heterocycles. The van der Waals surface area contributed by atoms with Crippen molar-refractivity contribution >= 4 is 11.8 Å². The highest BCUT2D eigenvalue weighted by atomic mass is 19.1. The average Bonchev–Trinajstić information content (AvgIpc) is 3.01. The minimum atomic E-state index is -0.559. The summed E-state index contributed by atoms with van der Waals surface area (Å²) in [6.45, 7) is 4.24. The van der Waals surface area contributed by atoms with Gasteiger partial charge in [-0.25, -0.2) is 4.39 Å². The molecule has 3 fully saturated rings. The van der Waals surface area contributed by atoms with Crippen molar-refractivity contribution in [3.8, 4) is 0 Å². The molecule has 7 nitrogen and oxygen atoms in total. The molecule has 164 valence electrons. The molecular formula is C22H31FN4O3. The number of ether oxygens (including phenoxy) is 1. The third-order valence-electron chi connectivity index (χ3n) is 6.83. The zero-order valence-electron chi connectivity index (χ0n) is 17.6. The summed E-state index contributed by atoms with van der Waals surface area (Å²) < 4.78 is 18.8. The maximum absolute atomic E-state index is 13.4. The molecule has 30 heavy (non-hydrogen) atoms. The van der Waals surface area contributed by atoms with Gasteiger partial charge in [0.2, 0.25) is 0 Å². The Labute approximate surface area is 177 Å². The number of fused-ring (bicyclic) bond motifs is 2. The minimum absolute atomic E-state index is 0.127. The van der Waals surface area contributed by atoms with E-state index in [0.29, 0.717) is 44.9 Å². The Bertz CT molecular complexity index is 753. The molecule has 3 saturated heterocycles. The molecule has 0 saturated carbocycles. The Hall–Kier alpha value is -2.03. The summed E-state index contributed by atoms with van der Waals surface area (Å²) in [7, 11) is 2.12. The first-order chi connectivity index (χ1) is 14.5. The van der Waals surface area contributed by atoms with Crippen LogP contribution < -0.4 is 5.32 Å². The highest BCUT2D eigenvalue weighted by Gasteiger charge is 2.37. The highest BCUT2D eigenvalue weighted by Crippen LogP contribution is 2.28. The minimum Gasteiger partial charge on any atom is -0.379 e. The monoisotopic (exact) mass is 418 g/mol. The standard InChI is InChI=1S/C22H31FN4O3/c1-25-18-6-7-19(25)15-27(9-8-18)22(29)21(28)24-14-20(26-10-12-30-13-11-26)16-2-4-17(23)5-3-16/h2-5,18-20H,6-15H2,1H3,(H,24,28). The molecule has 1 aromatic rings. The van der Waals surface area contributed by atoms with Crippen LogP contribution in [-0.4, -0.2) is 91.6 Å². The van der Waals surface area contributed by atoms with Crippen molar-refractivity contribution in [2.45, 2.75) is 37.4 Å². The second-order valence-electron chi connectivity index (χ2n) is 8.52. The van der Waals surface area contributed by atoms with E-state index in [0.717, 1.165) is 31.5 Å². The second-order valence-corrected chi connectivity index (χ2v) is 8.52. The van der Waals surface area contributed by atoms with Crippen molar-refractivity contribution in [2.24, 2.45) is 0 Å². The van der Waals surface area contributed by atoms with Gasteiger partial charge < -0.3 is 15.0 Å². The van der Waals surface area contributed by atoms with Gasteiger partial charge in [0.05, 0.1) is 19.3 Å². The lowest BCUT2D eigenvalue weighted by molar-refractivity contribution is -0.146. The van der Waals surface area contributed by atoms with E-state index in [9.17, 15) is 14.0 Å². The fraction of sp³-hybridized carbons (Fsp3) is 0.636. The zero-order valence-corrected chi connectivity index (χ0v) is 17.6. The quantitative estimate of drug-likeness (QED) is 0.740. The lowest BCUT2D eigenvalue weighted by Crippen LogP contribution is -2.49. The van der Waals surface area contributed by atoms with Gasteiger partial charge in [0, 0.05) is 44.8 Å². The normalized spacial score (nSPS) is 26.3. The van der Waals surface area contributed by atoms with Crippen LogP contribution in [0.3, 0.4) is 0 Å². The molecule has 3 unspecified atom stereocenters. The summed E-state index contributed by atoms with van der Waals surface area (Å²) in [4.78, 5) is 31.8. The predicted octanol–water partition coefficient (Wildman–Crippen LogP) is 1.01. The number of halogens is 1. The highest BCUT2D eigenvalue weighted by molar-refractivity contribution is 6.35. The molecule has 8 heteroatoms. The number of morpholine rings is 1. The first-order valence-electron chi connectivity index (χ1n) is 10.9. The van der Waals surface area contributed by atoms with Crippen LogP contribution in [0.2, 0.25) is 0 Å². The zero-order chi connectivity index (χ0) is 21.1. The van der Waals surface area contributed by atoms with Gasteiger partial charge in [-0.15, -0.1) is 0 Å². The topological polar surface area (TPSA) is 65.1 Å². The Morgan fingerprint density at radius 3 is 2.53 bits per heavy atom. The molecule has 2 bridgehead atoms. The Balaban J connectivity index is 1.39. The molecule has 2 amide bonds. The van der Waals surface area contributed by atoms with Gasteiger partial charge in [0.1, 0.15) is 5.82 Å². The number of carbonyl (C=O) groups excluding carboxylic acids is 2. The van der Waals surface area contributed by atoms with Crippen molar-refractivity contribution in [2.75, 3.05) is 53.0 Å². The fourth-order valence-electron chi connectivity index (χ4n) is 4.93. The molecule has 0 radical (unpaired) electrons. The number of benzene rings is 1. The van der Waals surface area contributed by atoms with Crippen LogP contribution in [0.5, 0.6) is 0 Å². The van der Waals surface area contributed by atoms with E-state index in [2.05, 4.69) is 22.2 Å². The number of carbonyl (C=O) groups is 2. The van der Waals surface area contributed by atoms with Gasteiger partial charge in [0.15, 0.2) is 0 Å². The number of hydrogen-bond acceptors (Lipinski definition) is 5. The van der Waals surface area contributed by atoms with Crippen LogP contribution in [0.4, 0.5) is 4.39 Å². The third kappa shape index (κ3) is 4.66. The van der Waals surface area contributed by atoms with Crippen molar-refractivity contribution in [3.63, 3.8) is 0 Å². The average molecular weight is 419 g/mol. The van der Waals surface area contributed by atoms with E-state index in [-0.39, 0.29) is 11.9 Å². The third-order valence-corrected chi connectivity index (χ3v) is 6.83. The van der Waals surface area contributed by atoms with E-state index >= 15 is 0 Å². The lowest BCUT2D eigenvalue weighted by atomic mass is 10.0. The van der Waals surface area contributed by atoms with Crippen LogP contribution in [-0.2, 0) is 14.3 Å². The first-order valence-corrected chi connectivity index (χ1v) is 10.9. The molecule has 3 aliphatic heterocycles. The Morgan fingerprint density at radius 1 is 1.10 bits per heavy atom. The van der Waals surface area contributed by atoms with Gasteiger partial charge in [-0.05, 0) is 44.0 Å². The summed E-state index contributed by atoms with van der Waals surface area (Å²) in [6.07, 6.45) is 3.17. The number of nitrogens with zero attached hydrogens (tertiary/aromatic N) is 3. The van der Waals surface area contributed by atoms with Crippen LogP contribution in [0, 0.1) is 5.82 Å². The van der Waals surface area contributed by atoms with Gasteiger partial charge >= 0.3 is 11.8 Å². The molecule has 0 spiro atoms. The summed E-state index contributed by atoms with van der Waals surface area (Å²) in [5.41, 5.74) is 0.916. The molecule has 3 atom stereocenters. The van der Waals surface area contributed by atoms with Gasteiger partial charge in [-0.2, -0.15) is 0 Å². The van der Waals surface area contributed by atoms with E-state index in [1.165, 1.54) is 18.6 Å². The SMILES string of the molecule is CN1C2CCC1CN(C(=O)C(=O)NCC(c1ccc(F)cc1)N1CCOCC1)CC2. The number of amides is 2. The fourth-order valence-corrected chi connectivity index (χ4v) is 4.93. The number of likely N-dealkylation sites (N-methyl/N-ethyl adjacent to an activating group) is 1. The molecule has 3 aliphatic rings. The second kappa shape index (κ2) is 9.41. The van der Waals surface area contributed by atoms with Crippen LogP contribution >= 0.6 is 0 Å². The maximum Gasteiger partial charge on any atom is 0.311 e. The van der Waals surface area contributed by atoms with E-state index < -0.39 is 11.8 Å². The number of hydrogen-bond donors (Lipinski definition) is 1. The smallest absolute Gasteiger partial charge is 0.311 e. The molecule has 4 rings (SSSR count). The molecule has 0 aliphatic carbocycles. The van der Waals surface area contributed by atoms with Crippen LogP contribution in [0.15, 0.2) is 24.3 Å². The van der Waals surface area contributed by atoms with Gasteiger partial charge in [-0.3, -0.25) is 19.4 Å². The number of nitrogens with one attached hydrogen (secondary N) is 1. The summed E-state index contributed by atoms with van der Waals surface area (Å²) in [6, 6.07) is 7.07. The number of rotatable bonds is 4. The predicted molar refractivity (Wildman–Crippen MR) is 110 cm³/mol. The molecule has 1 aromatic carbocycles. The van der Waals surface area contributed by atoms with Crippen molar-refractivity contribution in [1.29, 1.82) is 0 Å². The van der Waals surface area contributed by atoms with E-state index in [1.54, 1.807) is 17.0 Å². The van der Waals surface area contributed by atoms with Crippen molar-refractivity contribution in [3.05, 3.63) is 35.6 Å². The van der Waals surface area contributed by atoms with Crippen LogP contribution in [0.25, 0.3) is 0 Å². The Morgan fingerprint density at radius 2 is 1.80 bits per heavy atom. The molecule has 0 aromatic heterocycles. The molecule has 1 N–H and O–H groups in total. The summed E-state index contributed by atoms with van der Waals surface area (Å²) in [5.74, 6) is -1.30. The largest absolute Gasteiger partial charge is 0.379 e. The lowest BCUT2D eigenvalue weighted by Gasteiger charge is -2.35. The maximum atomic E-state index is 13.4. The van der Waals surface area contributed by atoms with Gasteiger partial charge in [-0.1, -0.05) is 12.1 Å². The first kappa shape index (κ1) is 21.2. The Kier molecular flexibility index (Phi) is 6.65. The van der Waals surface area contributed by atoms with Crippen LogP contribution in [0.1, 0.15) is 30.9 Å². The van der Waals surface area contributed by atoms with E-state index in [1.807, 2.05) is 0 Å². The van der Waals surface area contributed by atoms with Gasteiger partial charge in [0.25, 0.3) is 0 Å². The summed E-state index contributed by atoms with van der Waals surface area (Å²) in [5, 5.41) is 2.85. The van der Waals surface area contributed by atoms with Crippen molar-refractivity contribution in [1.82, 2.24) is 20.0 Å². The van der Waals surface area contributed by atoms with E-state index in [4.69, 9.17) is 4.74 Å². The number of likely N-dealkylation sites (tertiary alicyclic amines) is 1.